The van der Waals surface area contributed by atoms with Crippen molar-refractivity contribution in [2.24, 2.45) is 0 Å². The van der Waals surface area contributed by atoms with Gasteiger partial charge < -0.3 is 5.32 Å². The number of rotatable bonds is 2. The van der Waals surface area contributed by atoms with E-state index in [1.165, 1.54) is 4.90 Å². The average molecular weight is 336 g/mol. The first-order chi connectivity index (χ1) is 10.7. The number of carbonyl (C=O) groups is 2. The van der Waals surface area contributed by atoms with E-state index in [0.717, 1.165) is 16.7 Å². The third-order valence-corrected chi connectivity index (χ3v) is 6.20. The van der Waals surface area contributed by atoms with Gasteiger partial charge in [-0.05, 0) is 32.3 Å². The lowest BCUT2D eigenvalue weighted by atomic mass is 9.92. The number of benzene rings is 1. The first-order valence-electron chi connectivity index (χ1n) is 7.63. The minimum Gasteiger partial charge on any atom is -0.323 e. The fraction of sp³-hybridized carbons (Fsp3) is 0.500. The van der Waals surface area contributed by atoms with Crippen LogP contribution < -0.4 is 5.32 Å². The molecule has 0 saturated carbocycles. The van der Waals surface area contributed by atoms with Crippen LogP contribution in [0.5, 0.6) is 0 Å². The maximum Gasteiger partial charge on any atom is 0.325 e. The standard InChI is InChI=1S/C16H20N2O4S/c1-11-7-12(2)9-13(8-11)10-18-14(19)16(17-15(18)20)3-5-23(21,22)6-4-16/h7-9H,3-6,10H2,1-2H3,(H,17,20). The normalized spacial score (nSPS) is 22.4. The monoisotopic (exact) mass is 336 g/mol. The van der Waals surface area contributed by atoms with Gasteiger partial charge >= 0.3 is 6.03 Å². The van der Waals surface area contributed by atoms with E-state index in [1.807, 2.05) is 32.0 Å². The van der Waals surface area contributed by atoms with E-state index in [-0.39, 0.29) is 36.8 Å². The number of urea groups is 1. The third-order valence-electron chi connectivity index (χ3n) is 4.55. The Hall–Kier alpha value is -1.89. The molecule has 0 radical (unpaired) electrons. The molecule has 0 aliphatic carbocycles. The van der Waals surface area contributed by atoms with Crippen LogP contribution in [0.15, 0.2) is 18.2 Å². The van der Waals surface area contributed by atoms with Gasteiger partial charge in [0.2, 0.25) is 0 Å². The van der Waals surface area contributed by atoms with Gasteiger partial charge in [-0.25, -0.2) is 13.2 Å². The Kier molecular flexibility index (Phi) is 3.71. The number of hydrogen-bond acceptors (Lipinski definition) is 4. The Morgan fingerprint density at radius 1 is 1.09 bits per heavy atom. The molecular formula is C16H20N2O4S. The molecule has 7 heteroatoms. The molecule has 1 N–H and O–H groups in total. The summed E-state index contributed by atoms with van der Waals surface area (Å²) in [5.74, 6) is -0.427. The third kappa shape index (κ3) is 2.97. The molecule has 0 aromatic heterocycles. The van der Waals surface area contributed by atoms with E-state index in [4.69, 9.17) is 0 Å². The molecule has 23 heavy (non-hydrogen) atoms. The van der Waals surface area contributed by atoms with Crippen molar-refractivity contribution >= 4 is 21.8 Å². The molecule has 1 aromatic carbocycles. The zero-order valence-corrected chi connectivity index (χ0v) is 14.1. The molecule has 1 spiro atoms. The molecule has 2 aliphatic heterocycles. The minimum absolute atomic E-state index is 0.0591. The highest BCUT2D eigenvalue weighted by Crippen LogP contribution is 2.31. The molecule has 0 unspecified atom stereocenters. The van der Waals surface area contributed by atoms with E-state index < -0.39 is 21.4 Å². The summed E-state index contributed by atoms with van der Waals surface area (Å²) in [6, 6.07) is 5.49. The van der Waals surface area contributed by atoms with Crippen molar-refractivity contribution in [3.8, 4) is 0 Å². The quantitative estimate of drug-likeness (QED) is 0.825. The second-order valence-electron chi connectivity index (χ2n) is 6.55. The van der Waals surface area contributed by atoms with Crippen LogP contribution in [0.4, 0.5) is 4.79 Å². The number of aryl methyl sites for hydroxylation is 2. The molecule has 0 bridgehead atoms. The number of imide groups is 1. The summed E-state index contributed by atoms with van der Waals surface area (Å²) in [4.78, 5) is 26.2. The van der Waals surface area contributed by atoms with Crippen LogP contribution in [0.25, 0.3) is 0 Å². The molecule has 124 valence electrons. The number of hydrogen-bond donors (Lipinski definition) is 1. The van der Waals surface area contributed by atoms with Gasteiger partial charge in [0.1, 0.15) is 5.54 Å². The van der Waals surface area contributed by atoms with E-state index in [0.29, 0.717) is 0 Å². The SMILES string of the molecule is Cc1cc(C)cc(CN2C(=O)NC3(CCS(=O)(=O)CC3)C2=O)c1. The average Bonchev–Trinajstić information content (AvgIpc) is 2.66. The van der Waals surface area contributed by atoms with Crippen LogP contribution in [-0.2, 0) is 21.2 Å². The van der Waals surface area contributed by atoms with Crippen LogP contribution >= 0.6 is 0 Å². The summed E-state index contributed by atoms with van der Waals surface area (Å²) < 4.78 is 23.2. The highest BCUT2D eigenvalue weighted by molar-refractivity contribution is 7.91. The van der Waals surface area contributed by atoms with Crippen molar-refractivity contribution in [2.45, 2.75) is 38.8 Å². The van der Waals surface area contributed by atoms with Gasteiger partial charge in [-0.15, -0.1) is 0 Å². The minimum atomic E-state index is -3.10. The highest BCUT2D eigenvalue weighted by Gasteiger charge is 2.53. The van der Waals surface area contributed by atoms with Crippen molar-refractivity contribution in [3.05, 3.63) is 34.9 Å². The number of sulfone groups is 1. The fourth-order valence-electron chi connectivity index (χ4n) is 3.39. The molecule has 0 atom stereocenters. The van der Waals surface area contributed by atoms with E-state index in [2.05, 4.69) is 5.32 Å². The Morgan fingerprint density at radius 3 is 2.22 bits per heavy atom. The Labute approximate surface area is 135 Å². The number of nitrogens with one attached hydrogen (secondary N) is 1. The molecule has 2 fully saturated rings. The molecule has 1 aromatic rings. The lowest BCUT2D eigenvalue weighted by Crippen LogP contribution is -2.52. The van der Waals surface area contributed by atoms with Crippen molar-refractivity contribution in [3.63, 3.8) is 0 Å². The summed E-state index contributed by atoms with van der Waals surface area (Å²) in [5.41, 5.74) is 2.00. The van der Waals surface area contributed by atoms with Crippen LogP contribution in [0.2, 0.25) is 0 Å². The Bertz CT molecular complexity index is 751. The molecule has 2 heterocycles. The summed E-state index contributed by atoms with van der Waals surface area (Å²) in [6.07, 6.45) is 0.312. The summed E-state index contributed by atoms with van der Waals surface area (Å²) in [5, 5.41) is 2.73. The summed E-state index contributed by atoms with van der Waals surface area (Å²) in [6.45, 7) is 4.15. The van der Waals surface area contributed by atoms with Crippen LogP contribution in [-0.4, -0.2) is 42.3 Å². The highest BCUT2D eigenvalue weighted by atomic mass is 32.2. The smallest absolute Gasteiger partial charge is 0.323 e. The lowest BCUT2D eigenvalue weighted by Gasteiger charge is -2.30. The van der Waals surface area contributed by atoms with Gasteiger partial charge in [-0.1, -0.05) is 29.3 Å². The Balaban J connectivity index is 1.82. The maximum absolute atomic E-state index is 12.7. The first-order valence-corrected chi connectivity index (χ1v) is 9.45. The van der Waals surface area contributed by atoms with E-state index in [9.17, 15) is 18.0 Å². The van der Waals surface area contributed by atoms with Crippen LogP contribution in [0, 0.1) is 13.8 Å². The van der Waals surface area contributed by atoms with Crippen molar-refractivity contribution < 1.29 is 18.0 Å². The van der Waals surface area contributed by atoms with Crippen LogP contribution in [0.3, 0.4) is 0 Å². The summed E-state index contributed by atoms with van der Waals surface area (Å²) >= 11 is 0. The van der Waals surface area contributed by atoms with Gasteiger partial charge in [-0.3, -0.25) is 9.69 Å². The predicted molar refractivity (Wildman–Crippen MR) is 85.6 cm³/mol. The van der Waals surface area contributed by atoms with Crippen molar-refractivity contribution in [1.82, 2.24) is 10.2 Å². The predicted octanol–water partition coefficient (Wildman–Crippen LogP) is 1.30. The molecule has 2 aliphatic rings. The second-order valence-corrected chi connectivity index (χ2v) is 8.85. The fourth-order valence-corrected chi connectivity index (χ4v) is 4.91. The number of nitrogens with zero attached hydrogens (tertiary/aromatic N) is 1. The number of carbonyl (C=O) groups excluding carboxylic acids is 2. The molecule has 2 saturated heterocycles. The topological polar surface area (TPSA) is 83.6 Å². The Morgan fingerprint density at radius 2 is 1.65 bits per heavy atom. The lowest BCUT2D eigenvalue weighted by molar-refractivity contribution is -0.132. The van der Waals surface area contributed by atoms with E-state index in [1.54, 1.807) is 0 Å². The first kappa shape index (κ1) is 16.0. The number of amides is 3. The molecule has 3 amide bonds. The van der Waals surface area contributed by atoms with Crippen LogP contribution in [0.1, 0.15) is 29.5 Å². The van der Waals surface area contributed by atoms with Gasteiger partial charge in [0, 0.05) is 0 Å². The zero-order chi connectivity index (χ0) is 16.8. The largest absolute Gasteiger partial charge is 0.325 e. The van der Waals surface area contributed by atoms with Gasteiger partial charge in [0.05, 0.1) is 18.1 Å². The zero-order valence-electron chi connectivity index (χ0n) is 13.3. The maximum atomic E-state index is 12.7. The van der Waals surface area contributed by atoms with E-state index >= 15 is 0 Å². The molecule has 3 rings (SSSR count). The molecule has 6 nitrogen and oxygen atoms in total. The van der Waals surface area contributed by atoms with Gasteiger partial charge in [0.25, 0.3) is 5.91 Å². The second kappa shape index (κ2) is 5.33. The van der Waals surface area contributed by atoms with Crippen molar-refractivity contribution in [2.75, 3.05) is 11.5 Å². The van der Waals surface area contributed by atoms with Crippen molar-refractivity contribution in [1.29, 1.82) is 0 Å². The molecular weight excluding hydrogens is 316 g/mol. The summed E-state index contributed by atoms with van der Waals surface area (Å²) in [7, 11) is -3.10. The van der Waals surface area contributed by atoms with Gasteiger partial charge in [0.15, 0.2) is 9.84 Å². The van der Waals surface area contributed by atoms with Gasteiger partial charge in [-0.2, -0.15) is 0 Å².